The number of anilines is 2. The van der Waals surface area contributed by atoms with Gasteiger partial charge in [-0.3, -0.25) is 4.79 Å². The summed E-state index contributed by atoms with van der Waals surface area (Å²) in [6.45, 7) is 0.234. The van der Waals surface area contributed by atoms with Gasteiger partial charge in [-0.1, -0.05) is 6.07 Å². The zero-order valence-corrected chi connectivity index (χ0v) is 11.3. The number of amides is 1. The number of furan rings is 1. The molecule has 0 spiro atoms. The molecule has 3 aromatic rings. The largest absolute Gasteiger partial charge is 0.467 e. The van der Waals surface area contributed by atoms with Gasteiger partial charge in [0.1, 0.15) is 11.6 Å². The van der Waals surface area contributed by atoms with Gasteiger partial charge in [0.25, 0.3) is 5.91 Å². The van der Waals surface area contributed by atoms with Gasteiger partial charge in [-0.05, 0) is 30.3 Å². The molecule has 0 aliphatic heterocycles. The number of hydrogen-bond donors (Lipinski definition) is 3. The Labute approximate surface area is 124 Å². The lowest BCUT2D eigenvalue weighted by atomic mass is 10.3. The van der Waals surface area contributed by atoms with Crippen LogP contribution in [0.15, 0.2) is 47.1 Å². The van der Waals surface area contributed by atoms with Crippen molar-refractivity contribution in [2.24, 2.45) is 0 Å². The van der Waals surface area contributed by atoms with Crippen molar-refractivity contribution in [2.75, 3.05) is 5.32 Å². The Morgan fingerprint density at radius 2 is 2.18 bits per heavy atom. The molecule has 0 unspecified atom stereocenters. The molecule has 0 bridgehead atoms. The van der Waals surface area contributed by atoms with Crippen molar-refractivity contribution >= 4 is 17.4 Å². The number of nitrogens with one attached hydrogen (secondary N) is 3. The topological polar surface area (TPSA) is 95.8 Å². The summed E-state index contributed by atoms with van der Waals surface area (Å²) in [6, 6.07) is 9.30. The van der Waals surface area contributed by atoms with E-state index in [0.29, 0.717) is 11.4 Å². The monoisotopic (exact) mass is 301 g/mol. The van der Waals surface area contributed by atoms with Crippen LogP contribution < -0.4 is 10.6 Å². The third-order valence-electron chi connectivity index (χ3n) is 2.85. The Hall–Kier alpha value is -3.16. The maximum Gasteiger partial charge on any atom is 0.276 e. The van der Waals surface area contributed by atoms with E-state index in [4.69, 9.17) is 4.42 Å². The van der Waals surface area contributed by atoms with Gasteiger partial charge in [-0.2, -0.15) is 5.21 Å². The summed E-state index contributed by atoms with van der Waals surface area (Å²) >= 11 is 0. The van der Waals surface area contributed by atoms with E-state index in [1.807, 2.05) is 0 Å². The van der Waals surface area contributed by atoms with Crippen LogP contribution in [0.3, 0.4) is 0 Å². The first kappa shape index (κ1) is 13.8. The number of halogens is 1. The van der Waals surface area contributed by atoms with Crippen LogP contribution in [0.1, 0.15) is 16.2 Å². The van der Waals surface area contributed by atoms with Gasteiger partial charge in [0, 0.05) is 5.69 Å². The van der Waals surface area contributed by atoms with Gasteiger partial charge in [0.15, 0.2) is 11.5 Å². The van der Waals surface area contributed by atoms with Crippen LogP contribution in [0.2, 0.25) is 0 Å². The molecule has 8 heteroatoms. The first-order chi connectivity index (χ1) is 10.7. The van der Waals surface area contributed by atoms with Crippen molar-refractivity contribution in [3.05, 3.63) is 59.9 Å². The van der Waals surface area contributed by atoms with Crippen LogP contribution in [0.5, 0.6) is 0 Å². The van der Waals surface area contributed by atoms with Crippen molar-refractivity contribution in [1.29, 1.82) is 0 Å². The molecule has 22 heavy (non-hydrogen) atoms. The van der Waals surface area contributed by atoms with E-state index in [-0.39, 0.29) is 18.1 Å². The Bertz CT molecular complexity index is 769. The quantitative estimate of drug-likeness (QED) is 0.671. The van der Waals surface area contributed by atoms with Crippen LogP contribution in [0.4, 0.5) is 15.9 Å². The predicted molar refractivity (Wildman–Crippen MR) is 75.9 cm³/mol. The second-order valence-electron chi connectivity index (χ2n) is 4.42. The maximum atomic E-state index is 13.2. The maximum absolute atomic E-state index is 13.2. The average molecular weight is 301 g/mol. The lowest BCUT2D eigenvalue weighted by Crippen LogP contribution is -2.23. The Morgan fingerprint density at radius 1 is 1.27 bits per heavy atom. The molecule has 112 valence electrons. The first-order valence-electron chi connectivity index (χ1n) is 6.46. The molecule has 0 saturated carbocycles. The molecular formula is C14H12FN5O2. The third-order valence-corrected chi connectivity index (χ3v) is 2.85. The van der Waals surface area contributed by atoms with Gasteiger partial charge >= 0.3 is 0 Å². The smallest absolute Gasteiger partial charge is 0.276 e. The van der Waals surface area contributed by atoms with Gasteiger partial charge in [0.05, 0.1) is 12.8 Å². The zero-order chi connectivity index (χ0) is 15.4. The number of aromatic nitrogens is 3. The van der Waals surface area contributed by atoms with Crippen LogP contribution in [0, 0.1) is 5.82 Å². The fraction of sp³-hybridized carbons (Fsp3) is 0.0714. The molecule has 1 amide bonds. The van der Waals surface area contributed by atoms with E-state index in [0.717, 1.165) is 0 Å². The van der Waals surface area contributed by atoms with E-state index in [9.17, 15) is 9.18 Å². The van der Waals surface area contributed by atoms with Crippen LogP contribution in [-0.4, -0.2) is 21.3 Å². The number of H-pyrrole nitrogens is 1. The minimum atomic E-state index is -0.427. The van der Waals surface area contributed by atoms with E-state index in [1.165, 1.54) is 18.4 Å². The van der Waals surface area contributed by atoms with Crippen LogP contribution in [0.25, 0.3) is 0 Å². The molecule has 7 nitrogen and oxygen atoms in total. The average Bonchev–Trinajstić information content (AvgIpc) is 3.16. The highest BCUT2D eigenvalue weighted by molar-refractivity contribution is 5.97. The number of carbonyl (C=O) groups excluding carboxylic acids is 1. The fourth-order valence-electron chi connectivity index (χ4n) is 1.84. The van der Waals surface area contributed by atoms with E-state index >= 15 is 0 Å². The van der Waals surface area contributed by atoms with Crippen LogP contribution in [-0.2, 0) is 6.54 Å². The molecule has 3 N–H and O–H groups in total. The SMILES string of the molecule is O=C(NCc1ccco1)c1n[nH]nc1Nc1cccc(F)c1. The molecule has 3 rings (SSSR count). The number of benzene rings is 1. The molecule has 2 aromatic heterocycles. The highest BCUT2D eigenvalue weighted by Crippen LogP contribution is 2.17. The van der Waals surface area contributed by atoms with Gasteiger partial charge < -0.3 is 15.1 Å². The summed E-state index contributed by atoms with van der Waals surface area (Å²) in [4.78, 5) is 12.1. The molecule has 0 radical (unpaired) electrons. The summed E-state index contributed by atoms with van der Waals surface area (Å²) in [5.41, 5.74) is 0.546. The van der Waals surface area contributed by atoms with Gasteiger partial charge in [0.2, 0.25) is 0 Å². The molecule has 0 fully saturated rings. The van der Waals surface area contributed by atoms with Crippen molar-refractivity contribution in [3.8, 4) is 0 Å². The number of aromatic amines is 1. The first-order valence-corrected chi connectivity index (χ1v) is 6.46. The van der Waals surface area contributed by atoms with Crippen molar-refractivity contribution in [2.45, 2.75) is 6.54 Å². The second kappa shape index (κ2) is 6.08. The minimum absolute atomic E-state index is 0.0795. The summed E-state index contributed by atoms with van der Waals surface area (Å²) in [7, 11) is 0. The number of rotatable bonds is 5. The predicted octanol–water partition coefficient (Wildman–Crippen LogP) is 2.21. The Kier molecular flexibility index (Phi) is 3.82. The van der Waals surface area contributed by atoms with E-state index in [2.05, 4.69) is 26.0 Å². The molecular weight excluding hydrogens is 289 g/mol. The fourth-order valence-corrected chi connectivity index (χ4v) is 1.84. The minimum Gasteiger partial charge on any atom is -0.467 e. The highest BCUT2D eigenvalue weighted by atomic mass is 19.1. The molecule has 0 aliphatic rings. The lowest BCUT2D eigenvalue weighted by Gasteiger charge is -2.05. The number of carbonyl (C=O) groups is 1. The Balaban J connectivity index is 1.70. The van der Waals surface area contributed by atoms with E-state index in [1.54, 1.807) is 24.3 Å². The lowest BCUT2D eigenvalue weighted by molar-refractivity contribution is 0.0944. The normalized spacial score (nSPS) is 10.4. The Morgan fingerprint density at radius 3 is 2.95 bits per heavy atom. The summed E-state index contributed by atoms with van der Waals surface area (Å²) in [6.07, 6.45) is 1.52. The molecule has 0 saturated heterocycles. The highest BCUT2D eigenvalue weighted by Gasteiger charge is 2.16. The van der Waals surface area contributed by atoms with Crippen molar-refractivity contribution in [3.63, 3.8) is 0 Å². The summed E-state index contributed by atoms with van der Waals surface area (Å²) in [5, 5.41) is 15.5. The van der Waals surface area contributed by atoms with Crippen molar-refractivity contribution < 1.29 is 13.6 Å². The molecule has 1 aromatic carbocycles. The molecule has 0 atom stereocenters. The second-order valence-corrected chi connectivity index (χ2v) is 4.42. The van der Waals surface area contributed by atoms with Crippen molar-refractivity contribution in [1.82, 2.24) is 20.7 Å². The third kappa shape index (κ3) is 3.11. The molecule has 2 heterocycles. The number of nitrogens with zero attached hydrogens (tertiary/aromatic N) is 2. The van der Waals surface area contributed by atoms with Gasteiger partial charge in [-0.25, -0.2) is 4.39 Å². The van der Waals surface area contributed by atoms with Gasteiger partial charge in [-0.15, -0.1) is 10.2 Å². The standard InChI is InChI=1S/C14H12FN5O2/c15-9-3-1-4-10(7-9)17-13-12(18-20-19-13)14(21)16-8-11-5-2-6-22-11/h1-7H,8H2,(H,16,21)(H2,17,18,19,20). The number of hydrogen-bond acceptors (Lipinski definition) is 5. The summed E-state index contributed by atoms with van der Waals surface area (Å²) in [5.74, 6) is 0.0143. The molecule has 0 aliphatic carbocycles. The summed E-state index contributed by atoms with van der Waals surface area (Å²) < 4.78 is 18.3. The van der Waals surface area contributed by atoms with E-state index < -0.39 is 11.7 Å². The van der Waals surface area contributed by atoms with Crippen LogP contribution >= 0.6 is 0 Å². The zero-order valence-electron chi connectivity index (χ0n) is 11.3.